The van der Waals surface area contributed by atoms with E-state index in [1.54, 1.807) is 30.3 Å². The maximum absolute atomic E-state index is 12.7. The van der Waals surface area contributed by atoms with Crippen LogP contribution in [-0.4, -0.2) is 165 Å². The molecule has 4 aromatic rings. The van der Waals surface area contributed by atoms with E-state index in [0.29, 0.717) is 119 Å². The fourth-order valence-corrected chi connectivity index (χ4v) is 6.89. The summed E-state index contributed by atoms with van der Waals surface area (Å²) in [5.41, 5.74) is 1.51. The summed E-state index contributed by atoms with van der Waals surface area (Å²) in [5.74, 6) is 1.13. The summed E-state index contributed by atoms with van der Waals surface area (Å²) in [5, 5.41) is 19.1. The van der Waals surface area contributed by atoms with Crippen LogP contribution in [0, 0.1) is 0 Å². The Morgan fingerprint density at radius 2 is 1.22 bits per heavy atom. The summed E-state index contributed by atoms with van der Waals surface area (Å²) in [6.07, 6.45) is 3.12. The molecule has 2 fully saturated rings. The van der Waals surface area contributed by atoms with Crippen LogP contribution < -0.4 is 29.9 Å². The van der Waals surface area contributed by atoms with Crippen molar-refractivity contribution in [3.63, 3.8) is 0 Å². The van der Waals surface area contributed by atoms with E-state index < -0.39 is 10.1 Å². The Kier molecular flexibility index (Phi) is 15.9. The van der Waals surface area contributed by atoms with E-state index in [2.05, 4.69) is 45.6 Å². The van der Waals surface area contributed by atoms with Crippen LogP contribution in [0.15, 0.2) is 46.2 Å². The summed E-state index contributed by atoms with van der Waals surface area (Å²) in [7, 11) is 2.98. The number of benzene rings is 2. The number of likely N-dealkylation sites (N-methyl/N-ethyl adjacent to an activating group) is 2. The molecule has 0 amide bonds. The van der Waals surface area contributed by atoms with E-state index >= 15 is 0 Å². The lowest BCUT2D eigenvalue weighted by atomic mass is 10.1. The molecular formula is C36H48N12O10S2. The molecule has 324 valence electrons. The van der Waals surface area contributed by atoms with E-state index in [9.17, 15) is 13.0 Å². The minimum atomic E-state index is -4.73. The van der Waals surface area contributed by atoms with Gasteiger partial charge in [0.25, 0.3) is 10.1 Å². The summed E-state index contributed by atoms with van der Waals surface area (Å²) in [4.78, 5) is 34.9. The second kappa shape index (κ2) is 21.5. The van der Waals surface area contributed by atoms with Gasteiger partial charge < -0.3 is 49.2 Å². The molecule has 2 aromatic heterocycles. The normalized spacial score (nSPS) is 14.9. The van der Waals surface area contributed by atoms with Crippen molar-refractivity contribution >= 4 is 69.5 Å². The first-order valence-corrected chi connectivity index (χ1v) is 21.0. The highest BCUT2D eigenvalue weighted by Gasteiger charge is 2.21. The van der Waals surface area contributed by atoms with Gasteiger partial charge in [0.2, 0.25) is 23.8 Å². The van der Waals surface area contributed by atoms with Crippen molar-refractivity contribution in [3.8, 4) is 12.0 Å². The Morgan fingerprint density at radius 3 is 1.70 bits per heavy atom. The van der Waals surface area contributed by atoms with Crippen LogP contribution in [0.2, 0.25) is 0 Å². The summed E-state index contributed by atoms with van der Waals surface area (Å²) in [6.45, 7) is 6.38. The Hall–Kier alpha value is -5.02. The number of aromatic nitrogens is 6. The van der Waals surface area contributed by atoms with Gasteiger partial charge in [0.1, 0.15) is 18.1 Å². The van der Waals surface area contributed by atoms with E-state index in [4.69, 9.17) is 28.5 Å². The SMILES string of the molecule is CN(C)CCOc1nc(Nc2ccc(C=Cc3ccc(Nc4nc(OCCN(C)C)nc(N5CCOCC5)n4)cc3S(=O)(=O)O)c(SOOO)c2)nc(N2CCOCC2)n1. The average Bonchev–Trinajstić information content (AvgIpc) is 3.23. The predicted octanol–water partition coefficient (Wildman–Crippen LogP) is 2.94. The maximum atomic E-state index is 12.7. The van der Waals surface area contributed by atoms with Gasteiger partial charge in [-0.05, 0) is 63.6 Å². The zero-order valence-corrected chi connectivity index (χ0v) is 35.2. The lowest BCUT2D eigenvalue weighted by molar-refractivity contribution is -0.432. The minimum Gasteiger partial charge on any atom is -0.462 e. The molecule has 2 saturated heterocycles. The van der Waals surface area contributed by atoms with Crippen LogP contribution in [0.5, 0.6) is 12.0 Å². The average molecular weight is 873 g/mol. The van der Waals surface area contributed by atoms with Crippen LogP contribution in [0.1, 0.15) is 11.1 Å². The molecule has 0 atom stereocenters. The van der Waals surface area contributed by atoms with Crippen molar-refractivity contribution in [1.29, 1.82) is 0 Å². The monoisotopic (exact) mass is 872 g/mol. The molecule has 22 nitrogen and oxygen atoms in total. The van der Waals surface area contributed by atoms with E-state index in [-0.39, 0.29) is 40.1 Å². The predicted molar refractivity (Wildman–Crippen MR) is 223 cm³/mol. The molecule has 4 N–H and O–H groups in total. The molecule has 6 rings (SSSR count). The quantitative estimate of drug-likeness (QED) is 0.0328. The fraction of sp³-hybridized carbons (Fsp3) is 0.444. The molecule has 4 heterocycles. The zero-order chi connectivity index (χ0) is 42.5. The zero-order valence-electron chi connectivity index (χ0n) is 33.6. The third-order valence-electron chi connectivity index (χ3n) is 8.75. The van der Waals surface area contributed by atoms with E-state index in [0.717, 1.165) is 0 Å². The van der Waals surface area contributed by atoms with Crippen LogP contribution in [-0.2, 0) is 29.0 Å². The molecule has 0 radical (unpaired) electrons. The van der Waals surface area contributed by atoms with Crippen molar-refractivity contribution in [2.45, 2.75) is 9.79 Å². The van der Waals surface area contributed by atoms with Crippen LogP contribution >= 0.6 is 12.0 Å². The second-order valence-corrected chi connectivity index (χ2v) is 15.9. The Bertz CT molecular complexity index is 2180. The highest BCUT2D eigenvalue weighted by atomic mass is 32.2. The lowest BCUT2D eigenvalue weighted by Crippen LogP contribution is -2.37. The Balaban J connectivity index is 1.24. The number of hydrogen-bond donors (Lipinski definition) is 4. The molecular weight excluding hydrogens is 825 g/mol. The maximum Gasteiger partial charge on any atom is 0.323 e. The van der Waals surface area contributed by atoms with Gasteiger partial charge >= 0.3 is 12.0 Å². The lowest BCUT2D eigenvalue weighted by Gasteiger charge is -2.27. The first-order chi connectivity index (χ1) is 28.9. The smallest absolute Gasteiger partial charge is 0.323 e. The van der Waals surface area contributed by atoms with Crippen molar-refractivity contribution in [1.82, 2.24) is 39.7 Å². The van der Waals surface area contributed by atoms with E-state index in [1.165, 1.54) is 18.2 Å². The standard InChI is InChI=1S/C36H48N12O10S2/c1-45(2)11-21-55-35-41-31(39-33(43-35)47-13-17-53-18-14-47)37-27-9-7-25(29(23-27)59-58-57-49)5-6-26-8-10-28(24-30(26)60(50,51)52)38-32-40-34(48-15-19-54-20-16-48)44-36(42-32)56-22-12-46(3)4/h5-10,23-24,49H,11-22H2,1-4H3,(H,50,51,52)(H,37,39,41,43)(H,38,40,42,44). The summed E-state index contributed by atoms with van der Waals surface area (Å²) < 4.78 is 63.2. The van der Waals surface area contributed by atoms with Crippen molar-refractivity contribution in [2.75, 3.05) is 128 Å². The molecule has 0 unspecified atom stereocenters. The number of anilines is 6. The van der Waals surface area contributed by atoms with Crippen molar-refractivity contribution < 1.29 is 46.5 Å². The number of ether oxygens (including phenoxy) is 4. The Morgan fingerprint density at radius 1 is 0.733 bits per heavy atom. The number of hydrogen-bond acceptors (Lipinski definition) is 22. The van der Waals surface area contributed by atoms with Gasteiger partial charge in [-0.15, -0.1) is 4.33 Å². The minimum absolute atomic E-state index is 0.0938. The number of rotatable bonds is 20. The van der Waals surface area contributed by atoms with Gasteiger partial charge in [0, 0.05) is 55.5 Å². The van der Waals surface area contributed by atoms with Gasteiger partial charge in [0.05, 0.1) is 38.5 Å². The molecule has 60 heavy (non-hydrogen) atoms. The van der Waals surface area contributed by atoms with Crippen molar-refractivity contribution in [2.24, 2.45) is 0 Å². The molecule has 0 bridgehead atoms. The number of nitrogens with one attached hydrogen (secondary N) is 2. The first kappa shape index (κ1) is 44.5. The van der Waals surface area contributed by atoms with Gasteiger partial charge in [-0.2, -0.15) is 38.3 Å². The van der Waals surface area contributed by atoms with E-state index in [1.807, 2.05) is 47.8 Å². The molecule has 2 aromatic carbocycles. The van der Waals surface area contributed by atoms with Crippen LogP contribution in [0.3, 0.4) is 0 Å². The summed E-state index contributed by atoms with van der Waals surface area (Å²) >= 11 is 0.694. The molecule has 2 aliphatic heterocycles. The van der Waals surface area contributed by atoms with Gasteiger partial charge in [-0.25, -0.2) is 5.26 Å². The molecule has 0 saturated carbocycles. The third kappa shape index (κ3) is 13.2. The van der Waals surface area contributed by atoms with Crippen molar-refractivity contribution in [3.05, 3.63) is 47.5 Å². The number of morpholine rings is 2. The van der Waals surface area contributed by atoms with Gasteiger partial charge in [-0.3, -0.25) is 4.55 Å². The molecule has 24 heteroatoms. The molecule has 2 aliphatic rings. The molecule has 0 spiro atoms. The largest absolute Gasteiger partial charge is 0.462 e. The highest BCUT2D eigenvalue weighted by molar-refractivity contribution is 7.94. The van der Waals surface area contributed by atoms with Gasteiger partial charge in [-0.1, -0.05) is 29.3 Å². The fourth-order valence-electron chi connectivity index (χ4n) is 5.67. The summed E-state index contributed by atoms with van der Waals surface area (Å²) in [6, 6.07) is 9.78. The third-order valence-corrected chi connectivity index (χ3v) is 10.3. The van der Waals surface area contributed by atoms with Crippen LogP contribution in [0.25, 0.3) is 12.2 Å². The number of nitrogens with zero attached hydrogens (tertiary/aromatic N) is 10. The Labute approximate surface area is 351 Å². The van der Waals surface area contributed by atoms with Crippen LogP contribution in [0.4, 0.5) is 35.2 Å². The second-order valence-electron chi connectivity index (χ2n) is 13.8. The topological polar surface area (TPSA) is 244 Å². The van der Waals surface area contributed by atoms with Gasteiger partial charge in [0.15, 0.2) is 0 Å². The first-order valence-electron chi connectivity index (χ1n) is 18.8. The highest BCUT2D eigenvalue weighted by Crippen LogP contribution is 2.32. The molecule has 0 aliphatic carbocycles.